The zero-order valence-corrected chi connectivity index (χ0v) is 17.3. The van der Waals surface area contributed by atoms with Crippen LogP contribution in [0.4, 0.5) is 0 Å². The predicted octanol–water partition coefficient (Wildman–Crippen LogP) is 4.43. The van der Waals surface area contributed by atoms with E-state index in [4.69, 9.17) is 4.42 Å². The molecule has 6 heteroatoms. The Labute approximate surface area is 174 Å². The lowest BCUT2D eigenvalue weighted by atomic mass is 10.0. The van der Waals surface area contributed by atoms with Crippen LogP contribution in [0.15, 0.2) is 51.7 Å². The number of aromatic hydroxyl groups is 1. The van der Waals surface area contributed by atoms with Crippen molar-refractivity contribution in [2.75, 3.05) is 6.54 Å². The lowest BCUT2D eigenvalue weighted by Gasteiger charge is -2.33. The molecule has 1 N–H and O–H groups in total. The zero-order chi connectivity index (χ0) is 20.8. The molecule has 5 rings (SSSR count). The summed E-state index contributed by atoms with van der Waals surface area (Å²) in [5.74, 6) is 0.741. The van der Waals surface area contributed by atoms with Crippen molar-refractivity contribution in [3.05, 3.63) is 58.4 Å². The summed E-state index contributed by atoms with van der Waals surface area (Å²) in [5.41, 5.74) is 2.90. The lowest BCUT2D eigenvalue weighted by Crippen LogP contribution is -2.36. The van der Waals surface area contributed by atoms with Gasteiger partial charge in [-0.3, -0.25) is 4.90 Å². The number of phenols is 1. The van der Waals surface area contributed by atoms with Gasteiger partial charge < -0.3 is 14.1 Å². The van der Waals surface area contributed by atoms with Crippen molar-refractivity contribution in [1.29, 1.82) is 0 Å². The number of piperidine rings is 1. The van der Waals surface area contributed by atoms with Crippen LogP contribution >= 0.6 is 0 Å². The van der Waals surface area contributed by atoms with Crippen molar-refractivity contribution in [2.45, 2.75) is 38.8 Å². The Morgan fingerprint density at radius 1 is 1.20 bits per heavy atom. The van der Waals surface area contributed by atoms with Gasteiger partial charge in [0, 0.05) is 25.0 Å². The maximum atomic E-state index is 13.0. The van der Waals surface area contributed by atoms with Gasteiger partial charge in [0.2, 0.25) is 0 Å². The molecule has 2 aromatic heterocycles. The van der Waals surface area contributed by atoms with Gasteiger partial charge in [-0.25, -0.2) is 9.78 Å². The second kappa shape index (κ2) is 7.29. The van der Waals surface area contributed by atoms with Gasteiger partial charge in [-0.2, -0.15) is 0 Å². The molecular formula is C24H25N3O3. The van der Waals surface area contributed by atoms with Crippen LogP contribution in [0.25, 0.3) is 33.4 Å². The van der Waals surface area contributed by atoms with E-state index in [9.17, 15) is 9.90 Å². The molecule has 1 fully saturated rings. The van der Waals surface area contributed by atoms with Crippen LogP contribution < -0.4 is 5.63 Å². The van der Waals surface area contributed by atoms with Crippen LogP contribution in [0.3, 0.4) is 0 Å². The molecule has 154 valence electrons. The number of benzene rings is 2. The van der Waals surface area contributed by atoms with Gasteiger partial charge in [0.1, 0.15) is 22.7 Å². The van der Waals surface area contributed by atoms with Gasteiger partial charge in [-0.05, 0) is 56.6 Å². The van der Waals surface area contributed by atoms with Crippen molar-refractivity contribution < 1.29 is 9.52 Å². The fraction of sp³-hybridized carbons (Fsp3) is 0.333. The largest absolute Gasteiger partial charge is 0.507 e. The quantitative estimate of drug-likeness (QED) is 0.513. The van der Waals surface area contributed by atoms with Gasteiger partial charge in [0.05, 0.1) is 16.6 Å². The summed E-state index contributed by atoms with van der Waals surface area (Å²) in [6.07, 6.45) is 3.53. The summed E-state index contributed by atoms with van der Waals surface area (Å²) >= 11 is 0. The maximum absolute atomic E-state index is 13.0. The smallest absolute Gasteiger partial charge is 0.347 e. The third kappa shape index (κ3) is 3.08. The van der Waals surface area contributed by atoms with Crippen LogP contribution in [-0.4, -0.2) is 32.1 Å². The van der Waals surface area contributed by atoms with Crippen molar-refractivity contribution in [1.82, 2.24) is 14.5 Å². The monoisotopic (exact) mass is 403 g/mol. The van der Waals surface area contributed by atoms with E-state index in [2.05, 4.69) is 16.8 Å². The number of fused-ring (bicyclic) bond motifs is 2. The molecule has 30 heavy (non-hydrogen) atoms. The Hall–Kier alpha value is -3.12. The van der Waals surface area contributed by atoms with Crippen molar-refractivity contribution >= 4 is 22.0 Å². The molecule has 0 bridgehead atoms. The molecule has 0 radical (unpaired) electrons. The van der Waals surface area contributed by atoms with Crippen molar-refractivity contribution in [2.24, 2.45) is 7.05 Å². The molecule has 0 saturated carbocycles. The molecule has 1 aliphatic rings. The fourth-order valence-corrected chi connectivity index (χ4v) is 4.52. The van der Waals surface area contributed by atoms with Gasteiger partial charge in [0.15, 0.2) is 0 Å². The number of hydrogen-bond acceptors (Lipinski definition) is 5. The molecule has 1 saturated heterocycles. The highest BCUT2D eigenvalue weighted by Gasteiger charge is 2.23. The Bertz CT molecular complexity index is 1300. The highest BCUT2D eigenvalue weighted by atomic mass is 16.4. The fourth-order valence-electron chi connectivity index (χ4n) is 4.52. The lowest BCUT2D eigenvalue weighted by molar-refractivity contribution is 0.151. The van der Waals surface area contributed by atoms with E-state index in [-0.39, 0.29) is 5.75 Å². The summed E-state index contributed by atoms with van der Waals surface area (Å²) in [6.45, 7) is 3.76. The average molecular weight is 403 g/mol. The van der Waals surface area contributed by atoms with Gasteiger partial charge in [0.25, 0.3) is 0 Å². The van der Waals surface area contributed by atoms with E-state index in [1.807, 2.05) is 41.9 Å². The molecular weight excluding hydrogens is 378 g/mol. The number of hydrogen-bond donors (Lipinski definition) is 1. The summed E-state index contributed by atoms with van der Waals surface area (Å²) in [7, 11) is 1.90. The summed E-state index contributed by atoms with van der Waals surface area (Å²) < 4.78 is 7.70. The topological polar surface area (TPSA) is 71.5 Å². The maximum Gasteiger partial charge on any atom is 0.347 e. The van der Waals surface area contributed by atoms with Crippen LogP contribution in [0.1, 0.15) is 31.7 Å². The Morgan fingerprint density at radius 3 is 2.83 bits per heavy atom. The molecule has 2 aromatic carbocycles. The molecule has 4 aromatic rings. The zero-order valence-electron chi connectivity index (χ0n) is 17.3. The number of phenolic OH excluding ortho intramolecular Hbond substituents is 1. The summed E-state index contributed by atoms with van der Waals surface area (Å²) in [5, 5.41) is 11.3. The van der Waals surface area contributed by atoms with Crippen LogP contribution in [0, 0.1) is 0 Å². The minimum atomic E-state index is -0.445. The average Bonchev–Trinajstić information content (AvgIpc) is 3.08. The van der Waals surface area contributed by atoms with Crippen molar-refractivity contribution in [3.63, 3.8) is 0 Å². The highest BCUT2D eigenvalue weighted by molar-refractivity contribution is 5.87. The van der Waals surface area contributed by atoms with Gasteiger partial charge >= 0.3 is 5.63 Å². The van der Waals surface area contributed by atoms with E-state index >= 15 is 0 Å². The number of aromatic nitrogens is 2. The van der Waals surface area contributed by atoms with Crippen LogP contribution in [0.2, 0.25) is 0 Å². The number of nitrogens with zero attached hydrogens (tertiary/aromatic N) is 3. The van der Waals surface area contributed by atoms with E-state index in [1.165, 1.54) is 6.42 Å². The molecule has 0 spiro atoms. The minimum absolute atomic E-state index is 0.166. The van der Waals surface area contributed by atoms with E-state index in [0.717, 1.165) is 35.8 Å². The van der Waals surface area contributed by atoms with Crippen molar-refractivity contribution in [3.8, 4) is 17.1 Å². The van der Waals surface area contributed by atoms with Crippen LogP contribution in [0.5, 0.6) is 5.75 Å². The number of para-hydroxylation sites is 2. The third-order valence-corrected chi connectivity index (χ3v) is 6.31. The minimum Gasteiger partial charge on any atom is -0.507 e. The second-order valence-electron chi connectivity index (χ2n) is 8.23. The highest BCUT2D eigenvalue weighted by Crippen LogP contribution is 2.32. The molecule has 1 atom stereocenters. The van der Waals surface area contributed by atoms with Gasteiger partial charge in [-0.1, -0.05) is 18.6 Å². The first-order valence-corrected chi connectivity index (χ1v) is 10.5. The normalized spacial score (nSPS) is 17.7. The number of imidazole rings is 1. The SMILES string of the molecule is CC1CCCCN1Cc1c(O)ccc2cc(-c3nc4ccccc4n3C)c(=O)oc12. The van der Waals surface area contributed by atoms with E-state index in [1.54, 1.807) is 12.1 Å². The summed E-state index contributed by atoms with van der Waals surface area (Å²) in [4.78, 5) is 20.0. The molecule has 6 nitrogen and oxygen atoms in total. The first-order chi connectivity index (χ1) is 14.5. The predicted molar refractivity (Wildman–Crippen MR) is 118 cm³/mol. The molecule has 0 amide bonds. The van der Waals surface area contributed by atoms with Gasteiger partial charge in [-0.15, -0.1) is 0 Å². The van der Waals surface area contributed by atoms with E-state index in [0.29, 0.717) is 35.1 Å². The number of aryl methyl sites for hydroxylation is 1. The Balaban J connectivity index is 1.63. The second-order valence-corrected chi connectivity index (χ2v) is 8.23. The molecule has 0 aliphatic carbocycles. The number of likely N-dealkylation sites (tertiary alicyclic amines) is 1. The Kier molecular flexibility index (Phi) is 4.59. The first kappa shape index (κ1) is 18.9. The van der Waals surface area contributed by atoms with E-state index < -0.39 is 5.63 Å². The third-order valence-electron chi connectivity index (χ3n) is 6.31. The Morgan fingerprint density at radius 2 is 2.03 bits per heavy atom. The standard InChI is InChI=1S/C24H25N3O3/c1-15-7-5-6-12-27(15)14-18-21(28)11-10-16-13-17(24(29)30-22(16)18)23-25-19-8-3-4-9-20(19)26(23)2/h3-4,8-11,13,15,28H,5-7,12,14H2,1-2H3. The molecule has 1 aliphatic heterocycles. The van der Waals surface area contributed by atoms with Crippen LogP contribution in [-0.2, 0) is 13.6 Å². The first-order valence-electron chi connectivity index (χ1n) is 10.5. The molecule has 3 heterocycles. The molecule has 1 unspecified atom stereocenters. The number of rotatable bonds is 3. The summed E-state index contributed by atoms with van der Waals surface area (Å²) in [6, 6.07) is 13.5.